The van der Waals surface area contributed by atoms with E-state index in [-0.39, 0.29) is 0 Å². The van der Waals surface area contributed by atoms with Gasteiger partial charge < -0.3 is 10.6 Å². The predicted molar refractivity (Wildman–Crippen MR) is 65.8 cm³/mol. The Kier molecular flexibility index (Phi) is 4.55. The molecule has 0 aliphatic rings. The number of nitrogens with one attached hydrogen (secondary N) is 2. The molecule has 15 heavy (non-hydrogen) atoms. The summed E-state index contributed by atoms with van der Waals surface area (Å²) in [6, 6.07) is 0. The third kappa shape index (κ3) is 3.51. The Labute approximate surface area is 96.1 Å². The summed E-state index contributed by atoms with van der Waals surface area (Å²) in [6.45, 7) is 8.59. The van der Waals surface area contributed by atoms with E-state index in [0.717, 1.165) is 25.3 Å². The smallest absolute Gasteiger partial charge is 0.166 e. The van der Waals surface area contributed by atoms with Crippen molar-refractivity contribution < 1.29 is 0 Å². The zero-order chi connectivity index (χ0) is 11.3. The van der Waals surface area contributed by atoms with Crippen LogP contribution in [0.25, 0.3) is 0 Å². The largest absolute Gasteiger partial charge is 0.363 e. The van der Waals surface area contributed by atoms with Crippen molar-refractivity contribution in [3.8, 4) is 0 Å². The first kappa shape index (κ1) is 12.0. The minimum atomic E-state index is 0.696. The third-order valence-corrected chi connectivity index (χ3v) is 2.44. The lowest BCUT2D eigenvalue weighted by Gasteiger charge is -2.07. The normalized spacial score (nSPS) is 10.1. The van der Waals surface area contributed by atoms with Gasteiger partial charge in [-0.1, -0.05) is 0 Å². The number of thiocarbonyl (C=S) groups is 1. The number of hydrogen-bond donors (Lipinski definition) is 2. The average Bonchev–Trinajstić information content (AvgIpc) is 2.57. The molecule has 5 heteroatoms. The number of aromatic nitrogens is 2. The first-order chi connectivity index (χ1) is 7.17. The van der Waals surface area contributed by atoms with Gasteiger partial charge in [0.2, 0.25) is 0 Å². The molecule has 0 bridgehead atoms. The molecular formula is C10H18N4S. The van der Waals surface area contributed by atoms with E-state index in [1.165, 1.54) is 5.56 Å². The summed E-state index contributed by atoms with van der Waals surface area (Å²) in [4.78, 5) is 0. The summed E-state index contributed by atoms with van der Waals surface area (Å²) in [5.41, 5.74) is 2.25. The monoisotopic (exact) mass is 226 g/mol. The van der Waals surface area contributed by atoms with Gasteiger partial charge in [-0.2, -0.15) is 5.10 Å². The first-order valence-corrected chi connectivity index (χ1v) is 5.62. The highest BCUT2D eigenvalue weighted by Crippen LogP contribution is 2.04. The fourth-order valence-corrected chi connectivity index (χ4v) is 1.51. The van der Waals surface area contributed by atoms with Crippen molar-refractivity contribution in [2.45, 2.75) is 33.9 Å². The summed E-state index contributed by atoms with van der Waals surface area (Å²) < 4.78 is 1.93. The van der Waals surface area contributed by atoms with Crippen LogP contribution in [-0.4, -0.2) is 21.4 Å². The van der Waals surface area contributed by atoms with Gasteiger partial charge in [-0.15, -0.1) is 0 Å². The topological polar surface area (TPSA) is 41.9 Å². The molecule has 0 aliphatic heterocycles. The van der Waals surface area contributed by atoms with Crippen LogP contribution in [0.3, 0.4) is 0 Å². The van der Waals surface area contributed by atoms with Crippen LogP contribution >= 0.6 is 12.2 Å². The number of nitrogens with zero attached hydrogens (tertiary/aromatic N) is 2. The van der Waals surface area contributed by atoms with Crippen molar-refractivity contribution in [2.24, 2.45) is 0 Å². The Morgan fingerprint density at radius 2 is 2.20 bits per heavy atom. The van der Waals surface area contributed by atoms with Gasteiger partial charge in [-0.3, -0.25) is 4.68 Å². The maximum Gasteiger partial charge on any atom is 0.166 e. The lowest BCUT2D eigenvalue weighted by Crippen LogP contribution is -2.34. The highest BCUT2D eigenvalue weighted by Gasteiger charge is 2.03. The second kappa shape index (κ2) is 5.70. The Balaban J connectivity index is 2.49. The minimum absolute atomic E-state index is 0.696. The zero-order valence-electron chi connectivity index (χ0n) is 9.50. The second-order valence-corrected chi connectivity index (χ2v) is 3.72. The number of rotatable bonds is 4. The van der Waals surface area contributed by atoms with Gasteiger partial charge in [0.05, 0.1) is 5.69 Å². The first-order valence-electron chi connectivity index (χ1n) is 5.22. The fraction of sp³-hybridized carbons (Fsp3) is 0.600. The van der Waals surface area contributed by atoms with Crippen LogP contribution < -0.4 is 10.6 Å². The van der Waals surface area contributed by atoms with Crippen LogP contribution in [0.4, 0.5) is 0 Å². The van der Waals surface area contributed by atoms with E-state index in [0.29, 0.717) is 5.11 Å². The van der Waals surface area contributed by atoms with Crippen LogP contribution in [0.1, 0.15) is 25.1 Å². The van der Waals surface area contributed by atoms with Crippen LogP contribution in [0.2, 0.25) is 0 Å². The second-order valence-electron chi connectivity index (χ2n) is 3.31. The van der Waals surface area contributed by atoms with Crippen molar-refractivity contribution in [1.82, 2.24) is 20.4 Å². The molecule has 0 saturated carbocycles. The molecule has 0 fully saturated rings. The molecule has 1 aromatic rings. The molecule has 4 nitrogen and oxygen atoms in total. The lowest BCUT2D eigenvalue weighted by molar-refractivity contribution is 0.653. The summed E-state index contributed by atoms with van der Waals surface area (Å²) >= 11 is 5.08. The minimum Gasteiger partial charge on any atom is -0.363 e. The molecule has 1 aromatic heterocycles. The quantitative estimate of drug-likeness (QED) is 0.757. The maximum absolute atomic E-state index is 5.08. The molecule has 0 saturated heterocycles. The van der Waals surface area contributed by atoms with Crippen molar-refractivity contribution in [2.75, 3.05) is 6.54 Å². The van der Waals surface area contributed by atoms with Gasteiger partial charge in [0, 0.05) is 31.4 Å². The average molecular weight is 226 g/mol. The number of hydrogen-bond acceptors (Lipinski definition) is 2. The standard InChI is InChI=1S/C10H18N4S/c1-4-11-10(15)12-6-9-7-14(5-2)13-8(9)3/h7H,4-6H2,1-3H3,(H2,11,12,15). The van der Waals surface area contributed by atoms with E-state index in [9.17, 15) is 0 Å². The molecule has 0 radical (unpaired) electrons. The van der Waals surface area contributed by atoms with E-state index in [4.69, 9.17) is 12.2 Å². The molecular weight excluding hydrogens is 208 g/mol. The van der Waals surface area contributed by atoms with Gasteiger partial charge in [0.15, 0.2) is 5.11 Å². The van der Waals surface area contributed by atoms with Gasteiger partial charge in [0.1, 0.15) is 0 Å². The summed E-state index contributed by atoms with van der Waals surface area (Å²) in [6.07, 6.45) is 2.05. The Hall–Kier alpha value is -1.10. The van der Waals surface area contributed by atoms with Gasteiger partial charge >= 0.3 is 0 Å². The lowest BCUT2D eigenvalue weighted by atomic mass is 10.3. The van der Waals surface area contributed by atoms with Crippen molar-refractivity contribution in [3.05, 3.63) is 17.5 Å². The van der Waals surface area contributed by atoms with Gasteiger partial charge in [-0.25, -0.2) is 0 Å². The van der Waals surface area contributed by atoms with Crippen LogP contribution in [-0.2, 0) is 13.1 Å². The molecule has 1 rings (SSSR count). The highest BCUT2D eigenvalue weighted by atomic mass is 32.1. The molecule has 0 amide bonds. The van der Waals surface area contributed by atoms with Gasteiger partial charge in [0.25, 0.3) is 0 Å². The van der Waals surface area contributed by atoms with E-state index < -0.39 is 0 Å². The zero-order valence-corrected chi connectivity index (χ0v) is 10.3. The van der Waals surface area contributed by atoms with E-state index in [1.54, 1.807) is 0 Å². The van der Waals surface area contributed by atoms with Crippen LogP contribution in [0, 0.1) is 6.92 Å². The van der Waals surface area contributed by atoms with Crippen LogP contribution in [0.5, 0.6) is 0 Å². The molecule has 0 atom stereocenters. The Bertz CT molecular complexity index is 332. The van der Waals surface area contributed by atoms with E-state index in [1.807, 2.05) is 18.5 Å². The SMILES string of the molecule is CCNC(=S)NCc1cn(CC)nc1C. The molecule has 1 heterocycles. The molecule has 0 aromatic carbocycles. The van der Waals surface area contributed by atoms with Crippen LogP contribution in [0.15, 0.2) is 6.20 Å². The van der Waals surface area contributed by atoms with Crippen molar-refractivity contribution >= 4 is 17.3 Å². The van der Waals surface area contributed by atoms with Crippen molar-refractivity contribution in [3.63, 3.8) is 0 Å². The van der Waals surface area contributed by atoms with E-state index >= 15 is 0 Å². The van der Waals surface area contributed by atoms with Gasteiger partial charge in [-0.05, 0) is 33.0 Å². The summed E-state index contributed by atoms with van der Waals surface area (Å²) in [5.74, 6) is 0. The highest BCUT2D eigenvalue weighted by molar-refractivity contribution is 7.80. The summed E-state index contributed by atoms with van der Waals surface area (Å²) in [7, 11) is 0. The Morgan fingerprint density at radius 1 is 1.47 bits per heavy atom. The molecule has 0 spiro atoms. The number of aryl methyl sites for hydroxylation is 2. The summed E-state index contributed by atoms with van der Waals surface area (Å²) in [5, 5.41) is 11.3. The molecule has 2 N–H and O–H groups in total. The fourth-order valence-electron chi connectivity index (χ4n) is 1.29. The Morgan fingerprint density at radius 3 is 2.73 bits per heavy atom. The van der Waals surface area contributed by atoms with E-state index in [2.05, 4.69) is 28.9 Å². The molecule has 84 valence electrons. The molecule has 0 aliphatic carbocycles. The third-order valence-electron chi connectivity index (χ3n) is 2.15. The molecule has 0 unspecified atom stereocenters. The maximum atomic E-state index is 5.08. The van der Waals surface area contributed by atoms with Crippen molar-refractivity contribution in [1.29, 1.82) is 0 Å². The predicted octanol–water partition coefficient (Wildman–Crippen LogP) is 1.20.